The average molecular weight is 1590 g/mol. The van der Waals surface area contributed by atoms with Gasteiger partial charge in [0.05, 0.1) is 23.5 Å². The number of fused-ring (bicyclic) bond motifs is 2. The molecule has 14 rings (SSSR count). The Morgan fingerprint density at radius 2 is 0.826 bits per heavy atom. The maximum absolute atomic E-state index is 14.3. The van der Waals surface area contributed by atoms with Crippen LogP contribution in [0.2, 0.25) is 0 Å². The Morgan fingerprint density at radius 1 is 0.391 bits per heavy atom. The second-order valence-corrected chi connectivity index (χ2v) is 20.6. The first-order valence-corrected chi connectivity index (χ1v) is 27.7. The number of hydrogen-bond donors (Lipinski definition) is 0. The minimum atomic E-state index is -0.887. The molecule has 0 saturated heterocycles. The monoisotopic (exact) mass is 1590 g/mol. The van der Waals surface area contributed by atoms with Crippen molar-refractivity contribution in [3.63, 3.8) is 0 Å². The van der Waals surface area contributed by atoms with Crippen LogP contribution in [0.15, 0.2) is 207 Å². The van der Waals surface area contributed by atoms with Crippen LogP contribution in [0.5, 0.6) is 0 Å². The van der Waals surface area contributed by atoms with Gasteiger partial charge in [0.1, 0.15) is 11.5 Å². The van der Waals surface area contributed by atoms with Crippen LogP contribution in [0.3, 0.4) is 0 Å². The first-order chi connectivity index (χ1) is 43.5. The van der Waals surface area contributed by atoms with Gasteiger partial charge >= 0.3 is 20.1 Å². The van der Waals surface area contributed by atoms with Crippen LogP contribution < -0.4 is 9.80 Å². The smallest absolute Gasteiger partial charge is 0.510 e. The third kappa shape index (κ3) is 15.9. The van der Waals surface area contributed by atoms with Crippen LogP contribution in [-0.2, 0) is 40.2 Å². The van der Waals surface area contributed by atoms with Crippen LogP contribution >= 0.6 is 0 Å². The fraction of sp³-hybridized carbons (Fsp3) is 0.0548. The van der Waals surface area contributed by atoms with Gasteiger partial charge in [-0.25, -0.2) is 13.8 Å². The second-order valence-electron chi connectivity index (χ2n) is 20.6. The predicted octanol–water partition coefficient (Wildman–Crippen LogP) is 17.4. The fourth-order valence-electron chi connectivity index (χ4n) is 9.65. The van der Waals surface area contributed by atoms with Crippen LogP contribution in [0.25, 0.3) is 89.2 Å². The zero-order chi connectivity index (χ0) is 63.0. The zero-order valence-electron chi connectivity index (χ0n) is 49.0. The van der Waals surface area contributed by atoms with E-state index in [2.05, 4.69) is 74.5 Å². The van der Waals surface area contributed by atoms with Crippen molar-refractivity contribution >= 4 is 33.2 Å². The normalized spacial score (nSPS) is 12.1. The van der Waals surface area contributed by atoms with Crippen LogP contribution in [-0.4, -0.2) is 48.8 Å². The molecule has 7 aromatic carbocycles. The van der Waals surface area contributed by atoms with Gasteiger partial charge in [0.2, 0.25) is 0 Å². The summed E-state index contributed by atoms with van der Waals surface area (Å²) in [7, 11) is 3.81. The summed E-state index contributed by atoms with van der Waals surface area (Å²) in [6.45, 7) is 7.52. The van der Waals surface area contributed by atoms with Crippen LogP contribution in [0.4, 0.5) is 46.8 Å². The summed E-state index contributed by atoms with van der Waals surface area (Å²) in [6, 6.07) is 62.8. The molecule has 7 heterocycles. The molecule has 0 aliphatic carbocycles. The first kappa shape index (κ1) is 66.6. The molecule has 92 heavy (non-hydrogen) atoms. The molecule has 0 bridgehead atoms. The molecule has 2 aliphatic heterocycles. The number of hydrogen-bond acceptors (Lipinski definition) is 9. The molecule has 2 aliphatic rings. The van der Waals surface area contributed by atoms with Crippen molar-refractivity contribution in [1.29, 1.82) is 0 Å². The largest absolute Gasteiger partial charge is 3.00 e. The van der Waals surface area contributed by atoms with Gasteiger partial charge in [-0.1, -0.05) is 113 Å². The summed E-state index contributed by atoms with van der Waals surface area (Å²) in [5, 5.41) is 3.55. The molecule has 0 saturated carbocycles. The number of halogens is 8. The van der Waals surface area contributed by atoms with Gasteiger partial charge in [-0.2, -0.15) is 0 Å². The van der Waals surface area contributed by atoms with Crippen molar-refractivity contribution in [1.82, 2.24) is 34.7 Å². The van der Waals surface area contributed by atoms with E-state index in [4.69, 9.17) is 4.98 Å². The maximum atomic E-state index is 14.3. The second kappa shape index (κ2) is 29.9. The van der Waals surface area contributed by atoms with E-state index in [-0.39, 0.29) is 74.0 Å². The van der Waals surface area contributed by atoms with E-state index in [1.165, 1.54) is 5.39 Å². The van der Waals surface area contributed by atoms with E-state index < -0.39 is 46.5 Å². The quantitative estimate of drug-likeness (QED) is 0.109. The molecule has 463 valence electrons. The van der Waals surface area contributed by atoms with Gasteiger partial charge in [0, 0.05) is 61.1 Å². The van der Waals surface area contributed by atoms with Gasteiger partial charge < -0.3 is 24.6 Å². The van der Waals surface area contributed by atoms with Gasteiger partial charge in [0.25, 0.3) is 0 Å². The van der Waals surface area contributed by atoms with Gasteiger partial charge in [-0.15, -0.1) is 122 Å². The molecule has 12 aromatic rings. The van der Waals surface area contributed by atoms with Crippen molar-refractivity contribution in [2.75, 3.05) is 23.9 Å². The van der Waals surface area contributed by atoms with Gasteiger partial charge in [0.15, 0.2) is 5.82 Å². The summed E-state index contributed by atoms with van der Waals surface area (Å²) in [5.41, 5.74) is 7.03. The van der Waals surface area contributed by atoms with E-state index in [0.29, 0.717) is 39.9 Å². The number of rotatable bonds is 8. The van der Waals surface area contributed by atoms with Crippen LogP contribution in [0, 0.1) is 104 Å². The molecule has 19 heteroatoms. The number of aromatic nitrogens is 5. The summed E-state index contributed by atoms with van der Waals surface area (Å²) < 4.78 is 109. The summed E-state index contributed by atoms with van der Waals surface area (Å²) in [4.78, 5) is 29.2. The van der Waals surface area contributed by atoms with Crippen molar-refractivity contribution < 1.29 is 75.3 Å². The average Bonchev–Trinajstić information content (AvgIpc) is 0.948. The molecular weight excluding hydrogens is 1540 g/mol. The Labute approximate surface area is 553 Å². The molecular formula is C73H48F8Ir2N9-4. The van der Waals surface area contributed by atoms with Crippen LogP contribution in [0.1, 0.15) is 11.1 Å². The van der Waals surface area contributed by atoms with E-state index in [9.17, 15) is 35.1 Å². The Hall–Kier alpha value is -9.77. The third-order valence-electron chi connectivity index (χ3n) is 13.8. The Morgan fingerprint density at radius 3 is 1.28 bits per heavy atom. The van der Waals surface area contributed by atoms with E-state index in [1.807, 2.05) is 152 Å². The first-order valence-electron chi connectivity index (χ1n) is 27.7. The minimum Gasteiger partial charge on any atom is -0.510 e. The predicted molar refractivity (Wildman–Crippen MR) is 333 cm³/mol. The summed E-state index contributed by atoms with van der Waals surface area (Å²) in [6.07, 6.45) is 8.36. The van der Waals surface area contributed by atoms with Gasteiger partial charge in [-0.3, -0.25) is 41.3 Å². The Bertz CT molecular complexity index is 4540. The summed E-state index contributed by atoms with van der Waals surface area (Å²) in [5.74, 6) is -4.61. The maximum Gasteiger partial charge on any atom is 3.00 e. The number of pyridine rings is 5. The standard InChI is InChI=1S/C21H13N.C20H9F4N2.2C16H13F2N3.2Ir/c1-3-9-16(10-4-1)20-15-18-13-7-8-14-19(18)21(22-20)17-11-5-2-6-12-17;21-12-5-6-15(16(23)8-12)19-14-4-2-1-3-11(14)7-18(26-19)20-17(24)9-13(22)10-25-20;2*1-11-7-15(13-4-3-12(17)9-14(13)18)19-16(8-11)21-6-5-20(2)10-21;;/h1-9,11,13-15H;1-5,7-10H;2*3,5-10H,1-2H3;;/q-2;-1;2*-2;;+3. The van der Waals surface area contributed by atoms with Crippen molar-refractivity contribution in [3.05, 3.63) is 308 Å². The molecule has 0 spiro atoms. The van der Waals surface area contributed by atoms with E-state index in [1.54, 1.807) is 42.5 Å². The van der Waals surface area contributed by atoms with E-state index in [0.717, 1.165) is 81.6 Å². The summed E-state index contributed by atoms with van der Waals surface area (Å²) >= 11 is 0. The minimum absolute atomic E-state index is 0. The molecule has 9 nitrogen and oxygen atoms in total. The molecule has 0 fully saturated rings. The molecule has 0 unspecified atom stereocenters. The van der Waals surface area contributed by atoms with Crippen molar-refractivity contribution in [2.24, 2.45) is 0 Å². The Kier molecular flexibility index (Phi) is 21.7. The fourth-order valence-corrected chi connectivity index (χ4v) is 9.65. The third-order valence-corrected chi connectivity index (χ3v) is 13.8. The topological polar surface area (TPSA) is 77.4 Å². The van der Waals surface area contributed by atoms with Gasteiger partial charge in [-0.05, 0) is 121 Å². The molecule has 1 radical (unpaired) electrons. The molecule has 0 atom stereocenters. The number of benzene rings is 7. The number of aryl methyl sites for hydroxylation is 2. The SMILES string of the molecule is Cc1cc(-c2[c-]cc(F)cc2F)nc(N2C=CN(C)[CH-]2)c1.Cc1cc(-c2[c-]cc(F)cc2F)nc(N2C=CN(C)[CH-]2)c1.Fc1c[c-]c(-c2nc(-c3ncc(F)cc3F)cc3ccccc23)c(F)c1.[Ir+3].[Ir].[c-]1ccccc1-c1cc2ccccc2c(-c2[c-]cccc2)n1. The van der Waals surface area contributed by atoms with Crippen molar-refractivity contribution in [3.8, 4) is 67.7 Å². The molecule has 0 N–H and O–H groups in total. The zero-order valence-corrected chi connectivity index (χ0v) is 53.8. The van der Waals surface area contributed by atoms with E-state index >= 15 is 0 Å². The number of anilines is 2. The Balaban J connectivity index is 0.000000144. The van der Waals surface area contributed by atoms with Crippen molar-refractivity contribution in [2.45, 2.75) is 13.8 Å². The molecule has 0 amide bonds. The number of nitrogens with zero attached hydrogens (tertiary/aromatic N) is 9. The molecule has 5 aromatic heterocycles.